The van der Waals surface area contributed by atoms with Crippen LogP contribution in [0, 0.1) is 11.7 Å². The topological polar surface area (TPSA) is 123 Å². The van der Waals surface area contributed by atoms with Gasteiger partial charge in [0.05, 0.1) is 17.1 Å². The Kier molecular flexibility index (Phi) is 5.29. The van der Waals surface area contributed by atoms with Crippen molar-refractivity contribution in [2.45, 2.75) is 51.4 Å². The van der Waals surface area contributed by atoms with E-state index in [2.05, 4.69) is 5.32 Å². The Morgan fingerprint density at radius 2 is 1.71 bits per heavy atom. The summed E-state index contributed by atoms with van der Waals surface area (Å²) in [5, 5.41) is 11.8. The van der Waals surface area contributed by atoms with Crippen LogP contribution in [0.2, 0.25) is 0 Å². The third-order valence-corrected chi connectivity index (χ3v) is 6.64. The van der Waals surface area contributed by atoms with E-state index < -0.39 is 47.5 Å². The molecule has 1 saturated carbocycles. The van der Waals surface area contributed by atoms with E-state index in [1.165, 1.54) is 11.0 Å². The molecule has 4 aliphatic rings. The molecule has 2 unspecified atom stereocenters. The fourth-order valence-corrected chi connectivity index (χ4v) is 4.97. The molecular weight excluding hydrogens is 461 g/mol. The summed E-state index contributed by atoms with van der Waals surface area (Å²) in [6, 6.07) is 2.06. The lowest BCUT2D eigenvalue weighted by Crippen LogP contribution is -2.65. The highest BCUT2D eigenvalue weighted by atomic mass is 19.1. The monoisotopic (exact) mass is 489 g/mol. The number of amides is 4. The maximum atomic E-state index is 15.4. The highest BCUT2D eigenvalue weighted by Crippen LogP contribution is 2.50. The zero-order chi connectivity index (χ0) is 25.2. The number of imide groups is 1. The van der Waals surface area contributed by atoms with Gasteiger partial charge in [0.25, 0.3) is 0 Å². The molecule has 0 spiro atoms. The lowest BCUT2D eigenvalue weighted by atomic mass is 10.0. The van der Waals surface area contributed by atoms with Gasteiger partial charge in [0, 0.05) is 38.3 Å². The fourth-order valence-electron chi connectivity index (χ4n) is 4.97. The molecule has 188 valence electrons. The van der Waals surface area contributed by atoms with E-state index in [0.717, 1.165) is 12.8 Å². The van der Waals surface area contributed by atoms with Crippen LogP contribution in [-0.4, -0.2) is 78.0 Å². The van der Waals surface area contributed by atoms with Crippen molar-refractivity contribution in [3.05, 3.63) is 17.9 Å². The van der Waals surface area contributed by atoms with Gasteiger partial charge >= 0.3 is 18.1 Å². The summed E-state index contributed by atoms with van der Waals surface area (Å²) in [4.78, 5) is 55.8. The number of fused-ring (bicyclic) bond motifs is 3. The standard InChI is InChI=1S/C23H28FN5O6/c1-23(2,3)35-22(34)27-8-6-26(7-9-27)14-11-16-15(10-13(14)24)29-19(28(16)12-4-5-12)17(20(31)32)18(30)25-21(29)33/h10-12,17,19H,4-9H2,1-3H3,(H,31,32)(H,25,30,33). The van der Waals surface area contributed by atoms with Gasteiger partial charge in [-0.2, -0.15) is 0 Å². The number of piperazine rings is 1. The molecule has 1 aliphatic carbocycles. The molecule has 5 rings (SSSR count). The average Bonchev–Trinajstić information content (AvgIpc) is 3.54. The van der Waals surface area contributed by atoms with Gasteiger partial charge < -0.3 is 24.5 Å². The molecule has 1 aromatic rings. The van der Waals surface area contributed by atoms with Gasteiger partial charge in [0.2, 0.25) is 5.91 Å². The third kappa shape index (κ3) is 4.00. The zero-order valence-electron chi connectivity index (χ0n) is 19.8. The molecule has 0 aromatic heterocycles. The van der Waals surface area contributed by atoms with Gasteiger partial charge in [-0.3, -0.25) is 19.8 Å². The molecule has 3 fully saturated rings. The van der Waals surface area contributed by atoms with Gasteiger partial charge in [0.1, 0.15) is 17.6 Å². The number of carboxylic acids is 1. The summed E-state index contributed by atoms with van der Waals surface area (Å²) in [5.74, 6) is -4.28. The highest BCUT2D eigenvalue weighted by Gasteiger charge is 2.56. The van der Waals surface area contributed by atoms with Crippen molar-refractivity contribution in [2.75, 3.05) is 40.9 Å². The van der Waals surface area contributed by atoms with Crippen LogP contribution in [0.15, 0.2) is 12.1 Å². The van der Waals surface area contributed by atoms with E-state index in [0.29, 0.717) is 37.6 Å². The van der Waals surface area contributed by atoms with Crippen molar-refractivity contribution in [1.29, 1.82) is 0 Å². The summed E-state index contributed by atoms with van der Waals surface area (Å²) >= 11 is 0. The lowest BCUT2D eigenvalue weighted by Gasteiger charge is -2.38. The van der Waals surface area contributed by atoms with Crippen LogP contribution in [0.1, 0.15) is 33.6 Å². The van der Waals surface area contributed by atoms with E-state index in [-0.39, 0.29) is 11.7 Å². The van der Waals surface area contributed by atoms with Gasteiger partial charge in [-0.1, -0.05) is 0 Å². The first-order chi connectivity index (χ1) is 16.5. The molecular formula is C23H28FN5O6. The maximum Gasteiger partial charge on any atom is 0.410 e. The second kappa shape index (κ2) is 7.99. The van der Waals surface area contributed by atoms with Gasteiger partial charge in [-0.15, -0.1) is 0 Å². The minimum Gasteiger partial charge on any atom is -0.481 e. The number of urea groups is 1. The van der Waals surface area contributed by atoms with Crippen LogP contribution >= 0.6 is 0 Å². The number of rotatable bonds is 3. The molecule has 12 heteroatoms. The molecule has 11 nitrogen and oxygen atoms in total. The lowest BCUT2D eigenvalue weighted by molar-refractivity contribution is -0.148. The first kappa shape index (κ1) is 23.2. The summed E-state index contributed by atoms with van der Waals surface area (Å²) in [5.41, 5.74) is 0.461. The molecule has 2 atom stereocenters. The number of ether oxygens (including phenoxy) is 1. The summed E-state index contributed by atoms with van der Waals surface area (Å²) in [6.07, 6.45) is 0.106. The van der Waals surface area contributed by atoms with Crippen LogP contribution < -0.4 is 20.0 Å². The smallest absolute Gasteiger partial charge is 0.410 e. The van der Waals surface area contributed by atoms with Crippen molar-refractivity contribution in [3.63, 3.8) is 0 Å². The zero-order valence-corrected chi connectivity index (χ0v) is 19.8. The van der Waals surface area contributed by atoms with Crippen LogP contribution in [0.25, 0.3) is 0 Å². The Hall–Kier alpha value is -3.57. The minimum absolute atomic E-state index is 0.0355. The number of nitrogens with one attached hydrogen (secondary N) is 1. The van der Waals surface area contributed by atoms with E-state index in [4.69, 9.17) is 4.74 Å². The van der Waals surface area contributed by atoms with E-state index in [9.17, 15) is 24.3 Å². The number of hydrogen-bond acceptors (Lipinski definition) is 7. The number of carbonyl (C=O) groups excluding carboxylic acids is 3. The van der Waals surface area contributed by atoms with Gasteiger partial charge in [-0.05, 0) is 39.7 Å². The normalized spacial score (nSPS) is 24.2. The number of carboxylic acid groups (broad SMARTS) is 1. The molecule has 3 aliphatic heterocycles. The van der Waals surface area contributed by atoms with Crippen molar-refractivity contribution in [1.82, 2.24) is 10.2 Å². The number of anilines is 3. The minimum atomic E-state index is -1.50. The Bertz CT molecular complexity index is 1110. The molecule has 0 bridgehead atoms. The molecule has 35 heavy (non-hydrogen) atoms. The Balaban J connectivity index is 1.43. The predicted molar refractivity (Wildman–Crippen MR) is 123 cm³/mol. The highest BCUT2D eigenvalue weighted by molar-refractivity contribution is 6.16. The van der Waals surface area contributed by atoms with Crippen LogP contribution in [0.3, 0.4) is 0 Å². The number of hydrogen-bond donors (Lipinski definition) is 2. The first-order valence-corrected chi connectivity index (χ1v) is 11.7. The van der Waals surface area contributed by atoms with Crippen molar-refractivity contribution < 1.29 is 33.4 Å². The Morgan fingerprint density at radius 1 is 1.06 bits per heavy atom. The van der Waals surface area contributed by atoms with E-state index in [1.54, 1.807) is 36.6 Å². The summed E-state index contributed by atoms with van der Waals surface area (Å²) in [7, 11) is 0. The summed E-state index contributed by atoms with van der Waals surface area (Å²) < 4.78 is 20.8. The SMILES string of the molecule is CC(C)(C)OC(=O)N1CCN(c2cc3c(cc2F)N2C(=O)NC(=O)C(C(=O)O)C2N3C2CC2)CC1. The van der Waals surface area contributed by atoms with E-state index in [1.807, 2.05) is 4.90 Å². The Labute approximate surface area is 201 Å². The van der Waals surface area contributed by atoms with Crippen LogP contribution in [-0.2, 0) is 14.3 Å². The molecule has 0 radical (unpaired) electrons. The summed E-state index contributed by atoms with van der Waals surface area (Å²) in [6.45, 7) is 6.84. The van der Waals surface area contributed by atoms with E-state index >= 15 is 4.39 Å². The maximum absolute atomic E-state index is 15.4. The molecule has 2 N–H and O–H groups in total. The van der Waals surface area contributed by atoms with Gasteiger partial charge in [-0.25, -0.2) is 14.0 Å². The molecule has 3 heterocycles. The van der Waals surface area contributed by atoms with Crippen molar-refractivity contribution in [2.24, 2.45) is 5.92 Å². The van der Waals surface area contributed by atoms with Gasteiger partial charge in [0.15, 0.2) is 5.92 Å². The molecule has 4 amide bonds. The quantitative estimate of drug-likeness (QED) is 0.618. The van der Waals surface area contributed by atoms with Crippen molar-refractivity contribution in [3.8, 4) is 0 Å². The van der Waals surface area contributed by atoms with Crippen molar-refractivity contribution >= 4 is 41.1 Å². The number of carbonyl (C=O) groups is 4. The Morgan fingerprint density at radius 3 is 2.29 bits per heavy atom. The predicted octanol–water partition coefficient (Wildman–Crippen LogP) is 1.95. The fraction of sp³-hybridized carbons (Fsp3) is 0.565. The number of aliphatic carboxylic acids is 1. The van der Waals surface area contributed by atoms with Crippen LogP contribution in [0.4, 0.5) is 31.0 Å². The largest absolute Gasteiger partial charge is 0.481 e. The average molecular weight is 490 g/mol. The second-order valence-electron chi connectivity index (χ2n) is 10.3. The van der Waals surface area contributed by atoms with Crippen LogP contribution in [0.5, 0.6) is 0 Å². The third-order valence-electron chi connectivity index (χ3n) is 6.64. The number of halogens is 1. The second-order valence-corrected chi connectivity index (χ2v) is 10.3. The first-order valence-electron chi connectivity index (χ1n) is 11.7. The molecule has 1 aromatic carbocycles. The number of nitrogens with zero attached hydrogens (tertiary/aromatic N) is 4. The number of benzene rings is 1. The molecule has 2 saturated heterocycles.